The lowest BCUT2D eigenvalue weighted by atomic mass is 10.1. The van der Waals surface area contributed by atoms with Gasteiger partial charge in [0, 0.05) is 15.2 Å². The van der Waals surface area contributed by atoms with Gasteiger partial charge in [-0.1, -0.05) is 40.5 Å². The third-order valence-corrected chi connectivity index (χ3v) is 4.69. The number of fused-ring (bicyclic) bond motifs is 1. The maximum absolute atomic E-state index is 6.07. The van der Waals surface area contributed by atoms with Crippen LogP contribution in [0.3, 0.4) is 0 Å². The first-order valence-corrected chi connectivity index (χ1v) is 8.17. The Morgan fingerprint density at radius 2 is 2.10 bits per heavy atom. The average molecular weight is 351 g/mol. The molecule has 0 amide bonds. The van der Waals surface area contributed by atoms with E-state index in [1.807, 2.05) is 6.07 Å². The number of aryl methyl sites for hydroxylation is 2. The van der Waals surface area contributed by atoms with Crippen LogP contribution in [0.2, 0.25) is 5.02 Å². The fraction of sp³-hybridized carbons (Fsp3) is 0.294. The van der Waals surface area contributed by atoms with Crippen molar-refractivity contribution < 1.29 is 0 Å². The number of benzene rings is 2. The molecule has 3 heteroatoms. The van der Waals surface area contributed by atoms with Crippen molar-refractivity contribution in [3.63, 3.8) is 0 Å². The third-order valence-electron chi connectivity index (χ3n) is 3.96. The Labute approximate surface area is 133 Å². The summed E-state index contributed by atoms with van der Waals surface area (Å²) in [5, 5.41) is 4.53. The van der Waals surface area contributed by atoms with Crippen LogP contribution in [0.25, 0.3) is 0 Å². The van der Waals surface area contributed by atoms with Crippen molar-refractivity contribution in [3.05, 3.63) is 62.6 Å². The molecule has 0 spiro atoms. The van der Waals surface area contributed by atoms with E-state index >= 15 is 0 Å². The molecular formula is C17H17BrClN. The highest BCUT2D eigenvalue weighted by Gasteiger charge is 2.22. The first-order valence-electron chi connectivity index (χ1n) is 7.00. The molecule has 1 atom stereocenters. The molecule has 1 aliphatic carbocycles. The molecule has 1 nitrogen and oxygen atoms in total. The molecule has 3 rings (SSSR count). The predicted octanol–water partition coefficient (Wildman–Crippen LogP) is 5.76. The Bertz CT molecular complexity index is 639. The van der Waals surface area contributed by atoms with Gasteiger partial charge in [0.1, 0.15) is 0 Å². The van der Waals surface area contributed by atoms with Gasteiger partial charge in [0.2, 0.25) is 0 Å². The standard InChI is InChI=1S/C17H17BrClN/c1-2-11-9-13(18)4-8-16(11)20-17-7-3-12-10-14(19)5-6-15(12)17/h4-6,8-10,17,20H,2-3,7H2,1H3. The molecule has 0 aromatic heterocycles. The maximum atomic E-state index is 6.07. The van der Waals surface area contributed by atoms with E-state index < -0.39 is 0 Å². The van der Waals surface area contributed by atoms with Crippen LogP contribution in [0.5, 0.6) is 0 Å². The van der Waals surface area contributed by atoms with Crippen LogP contribution >= 0.6 is 27.5 Å². The van der Waals surface area contributed by atoms with E-state index in [0.717, 1.165) is 28.8 Å². The molecule has 0 radical (unpaired) electrons. The van der Waals surface area contributed by atoms with Crippen LogP contribution in [-0.2, 0) is 12.8 Å². The second-order valence-electron chi connectivity index (χ2n) is 5.23. The lowest BCUT2D eigenvalue weighted by Crippen LogP contribution is -2.08. The van der Waals surface area contributed by atoms with Gasteiger partial charge in [0.05, 0.1) is 6.04 Å². The van der Waals surface area contributed by atoms with Crippen molar-refractivity contribution in [1.29, 1.82) is 0 Å². The van der Waals surface area contributed by atoms with Crippen molar-refractivity contribution in [2.24, 2.45) is 0 Å². The van der Waals surface area contributed by atoms with E-state index in [0.29, 0.717) is 6.04 Å². The molecular weight excluding hydrogens is 334 g/mol. The summed E-state index contributed by atoms with van der Waals surface area (Å²) in [5.41, 5.74) is 5.36. The minimum absolute atomic E-state index is 0.397. The predicted molar refractivity (Wildman–Crippen MR) is 89.7 cm³/mol. The van der Waals surface area contributed by atoms with Gasteiger partial charge in [0.15, 0.2) is 0 Å². The fourth-order valence-electron chi connectivity index (χ4n) is 2.92. The highest BCUT2D eigenvalue weighted by molar-refractivity contribution is 9.10. The summed E-state index contributed by atoms with van der Waals surface area (Å²) in [6.07, 6.45) is 3.27. The molecule has 2 aromatic rings. The van der Waals surface area contributed by atoms with E-state index in [9.17, 15) is 0 Å². The van der Waals surface area contributed by atoms with Crippen LogP contribution < -0.4 is 5.32 Å². The summed E-state index contributed by atoms with van der Waals surface area (Å²) in [6.45, 7) is 2.19. The van der Waals surface area contributed by atoms with E-state index in [1.165, 1.54) is 22.4 Å². The van der Waals surface area contributed by atoms with Gasteiger partial charge in [0.25, 0.3) is 0 Å². The molecule has 1 aliphatic rings. The van der Waals surface area contributed by atoms with Crippen LogP contribution in [0.15, 0.2) is 40.9 Å². The summed E-state index contributed by atoms with van der Waals surface area (Å²) < 4.78 is 1.14. The van der Waals surface area contributed by atoms with E-state index in [-0.39, 0.29) is 0 Å². The Kier molecular flexibility index (Phi) is 4.04. The molecule has 0 saturated carbocycles. The largest absolute Gasteiger partial charge is 0.378 e. The van der Waals surface area contributed by atoms with Gasteiger partial charge in [-0.15, -0.1) is 0 Å². The van der Waals surface area contributed by atoms with Crippen LogP contribution in [0, 0.1) is 0 Å². The summed E-state index contributed by atoms with van der Waals surface area (Å²) in [4.78, 5) is 0. The number of anilines is 1. The number of hydrogen-bond donors (Lipinski definition) is 1. The molecule has 0 saturated heterocycles. The quantitative estimate of drug-likeness (QED) is 0.741. The molecule has 2 aromatic carbocycles. The van der Waals surface area contributed by atoms with Gasteiger partial charge in [-0.25, -0.2) is 0 Å². The van der Waals surface area contributed by atoms with E-state index in [1.54, 1.807) is 0 Å². The minimum atomic E-state index is 0.397. The molecule has 0 aliphatic heterocycles. The number of halogens is 2. The summed E-state index contributed by atoms with van der Waals surface area (Å²) in [7, 11) is 0. The minimum Gasteiger partial charge on any atom is -0.378 e. The lowest BCUT2D eigenvalue weighted by molar-refractivity contribution is 0.760. The van der Waals surface area contributed by atoms with Gasteiger partial charge in [-0.05, 0) is 66.3 Å². The normalized spacial score (nSPS) is 17.1. The average Bonchev–Trinajstić information content (AvgIpc) is 2.83. The van der Waals surface area contributed by atoms with Crippen molar-refractivity contribution in [2.75, 3.05) is 5.32 Å². The summed E-state index contributed by atoms with van der Waals surface area (Å²) in [5.74, 6) is 0. The highest BCUT2D eigenvalue weighted by atomic mass is 79.9. The Hall–Kier alpha value is -0.990. The topological polar surface area (TPSA) is 12.0 Å². The fourth-order valence-corrected chi connectivity index (χ4v) is 3.52. The maximum Gasteiger partial charge on any atom is 0.0519 e. The highest BCUT2D eigenvalue weighted by Crippen LogP contribution is 2.36. The zero-order valence-electron chi connectivity index (χ0n) is 11.4. The first-order chi connectivity index (χ1) is 9.67. The SMILES string of the molecule is CCc1cc(Br)ccc1NC1CCc2cc(Cl)ccc21. The van der Waals surface area contributed by atoms with Crippen molar-refractivity contribution in [2.45, 2.75) is 32.2 Å². The molecule has 1 unspecified atom stereocenters. The molecule has 104 valence electrons. The molecule has 0 fully saturated rings. The number of nitrogens with one attached hydrogen (secondary N) is 1. The Morgan fingerprint density at radius 1 is 1.25 bits per heavy atom. The number of rotatable bonds is 3. The monoisotopic (exact) mass is 349 g/mol. The van der Waals surface area contributed by atoms with Gasteiger partial charge >= 0.3 is 0 Å². The second-order valence-corrected chi connectivity index (χ2v) is 6.59. The van der Waals surface area contributed by atoms with Crippen molar-refractivity contribution >= 4 is 33.2 Å². The summed E-state index contributed by atoms with van der Waals surface area (Å²) >= 11 is 9.61. The second kappa shape index (κ2) is 5.79. The van der Waals surface area contributed by atoms with Crippen molar-refractivity contribution in [1.82, 2.24) is 0 Å². The van der Waals surface area contributed by atoms with Crippen molar-refractivity contribution in [3.8, 4) is 0 Å². The van der Waals surface area contributed by atoms with Crippen LogP contribution in [0.1, 0.15) is 36.1 Å². The Morgan fingerprint density at radius 3 is 2.90 bits per heavy atom. The van der Waals surface area contributed by atoms with Gasteiger partial charge in [-0.2, -0.15) is 0 Å². The van der Waals surface area contributed by atoms with Crippen LogP contribution in [0.4, 0.5) is 5.69 Å². The van der Waals surface area contributed by atoms with E-state index in [2.05, 4.69) is 58.5 Å². The van der Waals surface area contributed by atoms with Gasteiger partial charge < -0.3 is 5.32 Å². The molecule has 1 N–H and O–H groups in total. The van der Waals surface area contributed by atoms with Gasteiger partial charge in [-0.3, -0.25) is 0 Å². The lowest BCUT2D eigenvalue weighted by Gasteiger charge is -2.18. The van der Waals surface area contributed by atoms with E-state index in [4.69, 9.17) is 11.6 Å². The number of hydrogen-bond acceptors (Lipinski definition) is 1. The third kappa shape index (κ3) is 2.72. The first kappa shape index (κ1) is 14.0. The summed E-state index contributed by atoms with van der Waals surface area (Å²) in [6, 6.07) is 13.1. The smallest absolute Gasteiger partial charge is 0.0519 e. The zero-order valence-corrected chi connectivity index (χ0v) is 13.8. The van der Waals surface area contributed by atoms with Crippen LogP contribution in [-0.4, -0.2) is 0 Å². The molecule has 0 bridgehead atoms. The molecule has 20 heavy (non-hydrogen) atoms. The molecule has 0 heterocycles. The zero-order chi connectivity index (χ0) is 14.1. The Balaban J connectivity index is 1.87.